The molecule has 0 radical (unpaired) electrons. The maximum atomic E-state index is 6.21. The molecule has 0 unspecified atom stereocenters. The molecular weight excluding hydrogens is 350 g/mol. The van der Waals surface area contributed by atoms with Crippen LogP contribution in [-0.2, 0) is 6.54 Å². The minimum atomic E-state index is 0.239. The van der Waals surface area contributed by atoms with Crippen molar-refractivity contribution in [2.45, 2.75) is 19.5 Å². The molecule has 0 fully saturated rings. The van der Waals surface area contributed by atoms with E-state index in [1.165, 1.54) is 5.56 Å². The molecule has 4 heteroatoms. The highest BCUT2D eigenvalue weighted by molar-refractivity contribution is 9.10. The van der Waals surface area contributed by atoms with Gasteiger partial charge in [-0.2, -0.15) is 0 Å². The van der Waals surface area contributed by atoms with Gasteiger partial charge in [0, 0.05) is 28.0 Å². The first-order valence-electron chi connectivity index (χ1n) is 6.80. The molecular formula is C17H15BrClNO. The molecule has 0 aliphatic rings. The summed E-state index contributed by atoms with van der Waals surface area (Å²) in [6.07, 6.45) is 0. The third-order valence-corrected chi connectivity index (χ3v) is 4.44. The minimum absolute atomic E-state index is 0.239. The predicted octanol–water partition coefficient (Wildman–Crippen LogP) is 5.70. The molecule has 0 saturated heterocycles. The average molecular weight is 365 g/mol. The number of halogens is 2. The zero-order valence-corrected chi connectivity index (χ0v) is 13.9. The van der Waals surface area contributed by atoms with E-state index in [2.05, 4.69) is 40.3 Å². The number of nitrogens with one attached hydrogen (secondary N) is 1. The van der Waals surface area contributed by atoms with Crippen LogP contribution in [-0.4, -0.2) is 0 Å². The molecule has 1 aromatic heterocycles. The van der Waals surface area contributed by atoms with Gasteiger partial charge in [-0.3, -0.25) is 0 Å². The first-order valence-corrected chi connectivity index (χ1v) is 7.97. The van der Waals surface area contributed by atoms with Crippen LogP contribution in [0.2, 0.25) is 5.22 Å². The lowest BCUT2D eigenvalue weighted by Crippen LogP contribution is -2.18. The zero-order chi connectivity index (χ0) is 14.8. The first kappa shape index (κ1) is 14.6. The lowest BCUT2D eigenvalue weighted by atomic mass is 10.1. The fraction of sp³-hybridized carbons (Fsp3) is 0.176. The quantitative estimate of drug-likeness (QED) is 0.642. The minimum Gasteiger partial charge on any atom is -0.444 e. The van der Waals surface area contributed by atoms with Gasteiger partial charge < -0.3 is 9.73 Å². The highest BCUT2D eigenvalue weighted by Crippen LogP contribution is 2.30. The highest BCUT2D eigenvalue weighted by Gasteiger charge is 2.13. The zero-order valence-electron chi connectivity index (χ0n) is 11.6. The van der Waals surface area contributed by atoms with E-state index >= 15 is 0 Å². The monoisotopic (exact) mass is 363 g/mol. The van der Waals surface area contributed by atoms with Crippen molar-refractivity contribution in [3.05, 3.63) is 69.3 Å². The van der Waals surface area contributed by atoms with Crippen LogP contribution in [0.3, 0.4) is 0 Å². The fourth-order valence-corrected chi connectivity index (χ4v) is 2.87. The van der Waals surface area contributed by atoms with Crippen molar-refractivity contribution in [1.82, 2.24) is 5.32 Å². The van der Waals surface area contributed by atoms with Crippen LogP contribution >= 0.6 is 27.5 Å². The van der Waals surface area contributed by atoms with E-state index in [1.54, 1.807) is 0 Å². The van der Waals surface area contributed by atoms with Crippen molar-refractivity contribution in [2.75, 3.05) is 0 Å². The van der Waals surface area contributed by atoms with Crippen LogP contribution in [0.1, 0.15) is 24.1 Å². The Hall–Kier alpha value is -1.29. The first-order chi connectivity index (χ1) is 10.1. The van der Waals surface area contributed by atoms with E-state index in [-0.39, 0.29) is 6.04 Å². The van der Waals surface area contributed by atoms with Crippen LogP contribution < -0.4 is 5.32 Å². The summed E-state index contributed by atoms with van der Waals surface area (Å²) < 4.78 is 6.66. The summed E-state index contributed by atoms with van der Waals surface area (Å²) in [5.74, 6) is 0. The third kappa shape index (κ3) is 3.15. The summed E-state index contributed by atoms with van der Waals surface area (Å²) in [5, 5.41) is 5.03. The number of benzene rings is 2. The fourth-order valence-electron chi connectivity index (χ4n) is 2.36. The van der Waals surface area contributed by atoms with Crippen LogP contribution in [0.25, 0.3) is 11.0 Å². The van der Waals surface area contributed by atoms with Crippen LogP contribution in [0.15, 0.2) is 57.4 Å². The van der Waals surface area contributed by atoms with Gasteiger partial charge in [-0.15, -0.1) is 0 Å². The molecule has 108 valence electrons. The SMILES string of the molecule is C[C@@H](NCc1c(Cl)oc2ccccc12)c1ccc(Br)cc1. The van der Waals surface area contributed by atoms with Gasteiger partial charge in [-0.25, -0.2) is 0 Å². The van der Waals surface area contributed by atoms with Gasteiger partial charge in [-0.1, -0.05) is 46.3 Å². The van der Waals surface area contributed by atoms with Gasteiger partial charge in [-0.05, 0) is 42.3 Å². The van der Waals surface area contributed by atoms with E-state index in [1.807, 2.05) is 36.4 Å². The van der Waals surface area contributed by atoms with Crippen molar-refractivity contribution < 1.29 is 4.42 Å². The summed E-state index contributed by atoms with van der Waals surface area (Å²) in [7, 11) is 0. The standard InChI is InChI=1S/C17H15BrClNO/c1-11(12-6-8-13(18)9-7-12)20-10-15-14-4-2-3-5-16(14)21-17(15)19/h2-9,11,20H,10H2,1H3/t11-/m1/s1. The molecule has 3 aromatic rings. The average Bonchev–Trinajstić information content (AvgIpc) is 2.81. The predicted molar refractivity (Wildman–Crippen MR) is 90.6 cm³/mol. The smallest absolute Gasteiger partial charge is 0.199 e. The largest absolute Gasteiger partial charge is 0.444 e. The molecule has 1 heterocycles. The van der Waals surface area contributed by atoms with Crippen LogP contribution in [0.4, 0.5) is 0 Å². The van der Waals surface area contributed by atoms with Gasteiger partial charge in [0.15, 0.2) is 5.22 Å². The van der Waals surface area contributed by atoms with E-state index in [0.29, 0.717) is 11.8 Å². The summed E-state index contributed by atoms with van der Waals surface area (Å²) in [6.45, 7) is 2.81. The van der Waals surface area contributed by atoms with Gasteiger partial charge in [0.25, 0.3) is 0 Å². The Kier molecular flexibility index (Phi) is 4.34. The summed E-state index contributed by atoms with van der Waals surface area (Å²) in [4.78, 5) is 0. The van der Waals surface area contributed by atoms with Gasteiger partial charge in [0.1, 0.15) is 5.58 Å². The Balaban J connectivity index is 1.77. The molecule has 0 spiro atoms. The van der Waals surface area contributed by atoms with Crippen molar-refractivity contribution in [2.24, 2.45) is 0 Å². The summed E-state index contributed by atoms with van der Waals surface area (Å²) in [5.41, 5.74) is 3.08. The second-order valence-electron chi connectivity index (χ2n) is 5.00. The molecule has 0 saturated carbocycles. The van der Waals surface area contributed by atoms with Gasteiger partial charge >= 0.3 is 0 Å². The Morgan fingerprint density at radius 2 is 1.86 bits per heavy atom. The molecule has 3 rings (SSSR count). The molecule has 2 nitrogen and oxygen atoms in total. The highest BCUT2D eigenvalue weighted by atomic mass is 79.9. The maximum Gasteiger partial charge on any atom is 0.199 e. The molecule has 2 aromatic carbocycles. The van der Waals surface area contributed by atoms with Crippen molar-refractivity contribution in [3.8, 4) is 0 Å². The van der Waals surface area contributed by atoms with Crippen LogP contribution in [0, 0.1) is 0 Å². The van der Waals surface area contributed by atoms with E-state index < -0.39 is 0 Å². The number of fused-ring (bicyclic) bond motifs is 1. The molecule has 0 aliphatic heterocycles. The Morgan fingerprint density at radius 1 is 1.14 bits per heavy atom. The third-order valence-electron chi connectivity index (χ3n) is 3.60. The molecule has 0 bridgehead atoms. The molecule has 1 N–H and O–H groups in total. The lowest BCUT2D eigenvalue weighted by molar-refractivity contribution is 0.563. The molecule has 1 atom stereocenters. The topological polar surface area (TPSA) is 25.2 Å². The number of para-hydroxylation sites is 1. The summed E-state index contributed by atoms with van der Waals surface area (Å²) in [6, 6.07) is 16.5. The number of hydrogen-bond acceptors (Lipinski definition) is 2. The second kappa shape index (κ2) is 6.22. The number of furan rings is 1. The van der Waals surface area contributed by atoms with Crippen LogP contribution in [0.5, 0.6) is 0 Å². The number of hydrogen-bond donors (Lipinski definition) is 1. The maximum absolute atomic E-state index is 6.21. The Morgan fingerprint density at radius 3 is 2.62 bits per heavy atom. The molecule has 21 heavy (non-hydrogen) atoms. The second-order valence-corrected chi connectivity index (χ2v) is 6.26. The molecule has 0 aliphatic carbocycles. The van der Waals surface area contributed by atoms with E-state index in [0.717, 1.165) is 21.0 Å². The van der Waals surface area contributed by atoms with Crippen molar-refractivity contribution in [1.29, 1.82) is 0 Å². The van der Waals surface area contributed by atoms with Crippen molar-refractivity contribution >= 4 is 38.5 Å². The van der Waals surface area contributed by atoms with E-state index in [4.69, 9.17) is 16.0 Å². The van der Waals surface area contributed by atoms with Gasteiger partial charge in [0.05, 0.1) is 0 Å². The Bertz CT molecular complexity index is 751. The van der Waals surface area contributed by atoms with E-state index in [9.17, 15) is 0 Å². The molecule has 0 amide bonds. The normalized spacial score (nSPS) is 12.7. The van der Waals surface area contributed by atoms with Gasteiger partial charge in [0.2, 0.25) is 0 Å². The lowest BCUT2D eigenvalue weighted by Gasteiger charge is -2.14. The Labute approximate surface area is 137 Å². The number of rotatable bonds is 4. The summed E-state index contributed by atoms with van der Waals surface area (Å²) >= 11 is 9.66. The van der Waals surface area contributed by atoms with Crippen molar-refractivity contribution in [3.63, 3.8) is 0 Å².